The highest BCUT2D eigenvalue weighted by atomic mass is 16.1. The summed E-state index contributed by atoms with van der Waals surface area (Å²) < 4.78 is 0. The summed E-state index contributed by atoms with van der Waals surface area (Å²) in [7, 11) is 0. The molecule has 31 heavy (non-hydrogen) atoms. The number of hydrogen-bond acceptors (Lipinski definition) is 2. The lowest BCUT2D eigenvalue weighted by Gasteiger charge is -2.60. The van der Waals surface area contributed by atoms with Crippen LogP contribution in [0.4, 0.5) is 0 Å². The summed E-state index contributed by atoms with van der Waals surface area (Å²) in [6.07, 6.45) is 21.3. The second kappa shape index (κ2) is 9.40. The molecule has 0 saturated heterocycles. The van der Waals surface area contributed by atoms with Gasteiger partial charge < -0.3 is 5.73 Å². The molecule has 2 N–H and O–H groups in total. The molecule has 0 aromatic rings. The Morgan fingerprint density at radius 2 is 1.74 bits per heavy atom. The van der Waals surface area contributed by atoms with E-state index in [1.807, 2.05) is 0 Å². The monoisotopic (exact) mass is 427 g/mol. The van der Waals surface area contributed by atoms with Gasteiger partial charge in [0.15, 0.2) is 5.78 Å². The smallest absolute Gasteiger partial charge is 0.217 e. The molecule has 3 nitrogen and oxygen atoms in total. The Kier molecular flexibility index (Phi) is 6.99. The Morgan fingerprint density at radius 3 is 2.52 bits per heavy atom. The molecule has 4 aliphatic rings. The van der Waals surface area contributed by atoms with Crippen molar-refractivity contribution in [3.05, 3.63) is 11.6 Å². The van der Waals surface area contributed by atoms with Gasteiger partial charge in [-0.25, -0.2) is 0 Å². The second-order valence-electron chi connectivity index (χ2n) is 12.0. The zero-order valence-corrected chi connectivity index (χ0v) is 20.1. The molecule has 0 bridgehead atoms. The molecule has 3 saturated carbocycles. The summed E-state index contributed by atoms with van der Waals surface area (Å²) in [6, 6.07) is 0. The topological polar surface area (TPSA) is 60.2 Å². The Bertz CT molecular complexity index is 712. The van der Waals surface area contributed by atoms with Gasteiger partial charge in [-0.3, -0.25) is 9.59 Å². The van der Waals surface area contributed by atoms with Crippen LogP contribution in [0, 0.1) is 34.5 Å². The molecule has 0 aromatic heterocycles. The van der Waals surface area contributed by atoms with Gasteiger partial charge in [0.25, 0.3) is 0 Å². The average Bonchev–Trinajstić information content (AvgIpc) is 3.12. The van der Waals surface area contributed by atoms with Gasteiger partial charge >= 0.3 is 0 Å². The first-order valence-corrected chi connectivity index (χ1v) is 13.4. The number of amides is 1. The number of ketones is 1. The molecule has 4 rings (SSSR count). The van der Waals surface area contributed by atoms with Crippen LogP contribution in [0.2, 0.25) is 0 Å². The van der Waals surface area contributed by atoms with Crippen LogP contribution in [0.5, 0.6) is 0 Å². The standard InChI is InChI=1S/C28H45NO2/c1-27-15-9-11-23(27)26-20(10-7-5-3-4-6-8-12-25(29)31)18-21-19-22(30)13-17-28(21,2)24(26)14-16-27/h19-20,23-24,26H,3-18H2,1-2H3,(H2,29,31)/t20-,23+,24+,26+,27+,28+/m1/s1. The molecule has 0 aromatic carbocycles. The maximum absolute atomic E-state index is 12.3. The van der Waals surface area contributed by atoms with Crippen LogP contribution in [-0.4, -0.2) is 11.7 Å². The molecule has 0 aliphatic heterocycles. The number of unbranched alkanes of at least 4 members (excludes halogenated alkanes) is 5. The molecule has 0 spiro atoms. The first-order valence-electron chi connectivity index (χ1n) is 13.4. The van der Waals surface area contributed by atoms with Crippen molar-refractivity contribution in [3.63, 3.8) is 0 Å². The average molecular weight is 428 g/mol. The van der Waals surface area contributed by atoms with E-state index in [-0.39, 0.29) is 5.91 Å². The van der Waals surface area contributed by atoms with Crippen LogP contribution >= 0.6 is 0 Å². The van der Waals surface area contributed by atoms with E-state index in [1.54, 1.807) is 0 Å². The summed E-state index contributed by atoms with van der Waals surface area (Å²) in [6.45, 7) is 5.12. The fourth-order valence-corrected chi connectivity index (χ4v) is 8.40. The van der Waals surface area contributed by atoms with Gasteiger partial charge in [-0.2, -0.15) is 0 Å². The fraction of sp³-hybridized carbons (Fsp3) is 0.857. The van der Waals surface area contributed by atoms with Crippen LogP contribution in [0.1, 0.15) is 117 Å². The number of rotatable bonds is 9. The maximum Gasteiger partial charge on any atom is 0.217 e. The number of nitrogens with two attached hydrogens (primary N) is 1. The normalized spacial score (nSPS) is 39.4. The van der Waals surface area contributed by atoms with Crippen molar-refractivity contribution in [3.8, 4) is 0 Å². The molecule has 1 amide bonds. The quantitative estimate of drug-likeness (QED) is 0.414. The zero-order valence-electron chi connectivity index (χ0n) is 20.1. The molecule has 0 heterocycles. The van der Waals surface area contributed by atoms with Gasteiger partial charge in [-0.1, -0.05) is 57.9 Å². The maximum atomic E-state index is 12.3. The highest BCUT2D eigenvalue weighted by Crippen LogP contribution is 2.67. The molecular formula is C28H45NO2. The van der Waals surface area contributed by atoms with E-state index in [0.29, 0.717) is 23.0 Å². The van der Waals surface area contributed by atoms with Crippen LogP contribution in [-0.2, 0) is 9.59 Å². The number of allylic oxidation sites excluding steroid dienone is 1. The van der Waals surface area contributed by atoms with Crippen molar-refractivity contribution in [2.24, 2.45) is 40.2 Å². The lowest BCUT2D eigenvalue weighted by atomic mass is 9.45. The van der Waals surface area contributed by atoms with E-state index in [9.17, 15) is 9.59 Å². The van der Waals surface area contributed by atoms with Crippen LogP contribution < -0.4 is 5.73 Å². The van der Waals surface area contributed by atoms with Gasteiger partial charge in [-0.05, 0) is 91.9 Å². The largest absolute Gasteiger partial charge is 0.370 e. The van der Waals surface area contributed by atoms with Crippen molar-refractivity contribution in [1.29, 1.82) is 0 Å². The summed E-state index contributed by atoms with van der Waals surface area (Å²) in [4.78, 5) is 23.1. The predicted octanol–water partition coefficient (Wildman–Crippen LogP) is 6.74. The molecule has 3 fully saturated rings. The number of carbonyl (C=O) groups is 2. The molecule has 174 valence electrons. The van der Waals surface area contributed by atoms with Crippen LogP contribution in [0.3, 0.4) is 0 Å². The van der Waals surface area contributed by atoms with Gasteiger partial charge in [0.2, 0.25) is 5.91 Å². The Balaban J connectivity index is 1.40. The van der Waals surface area contributed by atoms with Gasteiger partial charge in [0.05, 0.1) is 0 Å². The van der Waals surface area contributed by atoms with Crippen molar-refractivity contribution >= 4 is 11.7 Å². The summed E-state index contributed by atoms with van der Waals surface area (Å²) >= 11 is 0. The number of carbonyl (C=O) groups excluding carboxylic acids is 2. The Morgan fingerprint density at radius 1 is 1.00 bits per heavy atom. The number of hydrogen-bond donors (Lipinski definition) is 1. The number of primary amides is 1. The minimum atomic E-state index is -0.166. The first kappa shape index (κ1) is 23.1. The van der Waals surface area contributed by atoms with Gasteiger partial charge in [0, 0.05) is 12.8 Å². The van der Waals surface area contributed by atoms with Crippen LogP contribution in [0.15, 0.2) is 11.6 Å². The van der Waals surface area contributed by atoms with Crippen LogP contribution in [0.25, 0.3) is 0 Å². The highest BCUT2D eigenvalue weighted by Gasteiger charge is 2.58. The fourth-order valence-electron chi connectivity index (χ4n) is 8.40. The van der Waals surface area contributed by atoms with Crippen molar-refractivity contribution < 1.29 is 9.59 Å². The van der Waals surface area contributed by atoms with E-state index in [2.05, 4.69) is 19.9 Å². The molecule has 3 heteroatoms. The lowest BCUT2D eigenvalue weighted by molar-refractivity contribution is -0.119. The van der Waals surface area contributed by atoms with E-state index < -0.39 is 0 Å². The molecular weight excluding hydrogens is 382 g/mol. The number of fused-ring (bicyclic) bond motifs is 5. The molecule has 4 aliphatic carbocycles. The summed E-state index contributed by atoms with van der Waals surface area (Å²) in [5.74, 6) is 3.60. The third-order valence-electron chi connectivity index (χ3n) is 10.2. The molecule has 0 unspecified atom stereocenters. The molecule has 6 atom stereocenters. The van der Waals surface area contributed by atoms with Gasteiger partial charge in [-0.15, -0.1) is 0 Å². The Labute approximate surface area is 190 Å². The van der Waals surface area contributed by atoms with Crippen molar-refractivity contribution in [1.82, 2.24) is 0 Å². The predicted molar refractivity (Wildman–Crippen MR) is 126 cm³/mol. The van der Waals surface area contributed by atoms with E-state index in [0.717, 1.165) is 49.4 Å². The minimum Gasteiger partial charge on any atom is -0.370 e. The summed E-state index contributed by atoms with van der Waals surface area (Å²) in [5, 5.41) is 0. The van der Waals surface area contributed by atoms with Gasteiger partial charge in [0.1, 0.15) is 0 Å². The summed E-state index contributed by atoms with van der Waals surface area (Å²) in [5.41, 5.74) is 7.63. The molecule has 0 radical (unpaired) electrons. The third kappa shape index (κ3) is 4.67. The van der Waals surface area contributed by atoms with Crippen molar-refractivity contribution in [2.75, 3.05) is 0 Å². The SMILES string of the molecule is C[C@@]12CCC[C@H]1[C@@H]1[C@H](CCCCCCCCC(N)=O)CC3=CC(=O)CC[C@]3(C)[C@H]1CC2. The van der Waals surface area contributed by atoms with E-state index >= 15 is 0 Å². The zero-order chi connectivity index (χ0) is 22.1. The third-order valence-corrected chi connectivity index (χ3v) is 10.2. The Hall–Kier alpha value is -1.12. The second-order valence-corrected chi connectivity index (χ2v) is 12.0. The minimum absolute atomic E-state index is 0.166. The first-order chi connectivity index (χ1) is 14.8. The van der Waals surface area contributed by atoms with E-state index in [1.165, 1.54) is 76.2 Å². The van der Waals surface area contributed by atoms with E-state index in [4.69, 9.17) is 5.73 Å². The van der Waals surface area contributed by atoms with Crippen molar-refractivity contribution in [2.45, 2.75) is 117 Å². The lowest BCUT2D eigenvalue weighted by Crippen LogP contribution is -2.52. The highest BCUT2D eigenvalue weighted by molar-refractivity contribution is 5.91.